The van der Waals surface area contributed by atoms with Crippen LogP contribution < -0.4 is 14.8 Å². The lowest BCUT2D eigenvalue weighted by Crippen LogP contribution is -2.12. The third-order valence-electron chi connectivity index (χ3n) is 6.22. The molecular weight excluding hydrogens is 541 g/mol. The molecule has 0 bridgehead atoms. The van der Waals surface area contributed by atoms with Gasteiger partial charge in [-0.1, -0.05) is 47.7 Å². The summed E-state index contributed by atoms with van der Waals surface area (Å²) in [6, 6.07) is 25.5. The average molecular weight is 567 g/mol. The Bertz CT molecular complexity index is 1730. The molecule has 1 amide bonds. The highest BCUT2D eigenvalue weighted by Crippen LogP contribution is 2.40. The fraction of sp³-hybridized carbons (Fsp3) is 0.161. The number of hydrogen-bond acceptors (Lipinski definition) is 8. The molecule has 0 aliphatic rings. The van der Waals surface area contributed by atoms with Crippen LogP contribution in [0.25, 0.3) is 32.6 Å². The van der Waals surface area contributed by atoms with Crippen LogP contribution in [0.1, 0.15) is 17.5 Å². The predicted molar refractivity (Wildman–Crippen MR) is 161 cm³/mol. The molecule has 9 heteroatoms. The average Bonchev–Trinajstić information content (AvgIpc) is 3.37. The van der Waals surface area contributed by atoms with E-state index in [2.05, 4.69) is 22.4 Å². The van der Waals surface area contributed by atoms with Crippen LogP contribution in [0.15, 0.2) is 77.8 Å². The minimum Gasteiger partial charge on any atom is -0.497 e. The summed E-state index contributed by atoms with van der Waals surface area (Å²) in [5.74, 6) is 1.55. The first-order chi connectivity index (χ1) is 19.5. The standard InChI is InChI=1S/C31H26N4O3S2/c1-19-9-11-25-28(15-19)40-31(34-25)35-29(36)13-14-39-30-24(18-32)22(17-26(33-30)20-7-5-4-6-8-20)23-16-21(37-2)10-12-27(23)38-3/h4-12,15-17H,13-14H2,1-3H3,(H,34,35,36). The molecule has 7 nitrogen and oxygen atoms in total. The predicted octanol–water partition coefficient (Wildman–Crippen LogP) is 7.34. The van der Waals surface area contributed by atoms with E-state index < -0.39 is 0 Å². The molecule has 200 valence electrons. The minimum atomic E-state index is -0.143. The maximum absolute atomic E-state index is 12.8. The number of amides is 1. The number of anilines is 1. The summed E-state index contributed by atoms with van der Waals surface area (Å²) >= 11 is 2.83. The number of aryl methyl sites for hydroxylation is 1. The van der Waals surface area contributed by atoms with Crippen LogP contribution in [0.4, 0.5) is 5.13 Å². The fourth-order valence-electron chi connectivity index (χ4n) is 4.24. The van der Waals surface area contributed by atoms with Gasteiger partial charge in [-0.15, -0.1) is 11.8 Å². The Balaban J connectivity index is 1.43. The van der Waals surface area contributed by atoms with Gasteiger partial charge < -0.3 is 14.8 Å². The number of hydrogen-bond donors (Lipinski definition) is 1. The van der Waals surface area contributed by atoms with Crippen LogP contribution in [0.5, 0.6) is 11.5 Å². The normalized spacial score (nSPS) is 10.8. The Morgan fingerprint density at radius 3 is 2.58 bits per heavy atom. The maximum Gasteiger partial charge on any atom is 0.226 e. The second-order valence-corrected chi connectivity index (χ2v) is 11.0. The zero-order valence-corrected chi connectivity index (χ0v) is 23.9. The highest BCUT2D eigenvalue weighted by molar-refractivity contribution is 7.99. The van der Waals surface area contributed by atoms with Crippen molar-refractivity contribution in [2.24, 2.45) is 0 Å². The summed E-state index contributed by atoms with van der Waals surface area (Å²) in [6.45, 7) is 2.03. The van der Waals surface area contributed by atoms with E-state index >= 15 is 0 Å². The largest absolute Gasteiger partial charge is 0.497 e. The van der Waals surface area contributed by atoms with Crippen LogP contribution >= 0.6 is 23.1 Å². The Hall–Kier alpha value is -4.39. The second-order valence-electron chi connectivity index (χ2n) is 8.92. The van der Waals surface area contributed by atoms with E-state index in [1.807, 2.05) is 73.7 Å². The van der Waals surface area contributed by atoms with Gasteiger partial charge >= 0.3 is 0 Å². The van der Waals surface area contributed by atoms with Crippen LogP contribution in [-0.4, -0.2) is 35.8 Å². The van der Waals surface area contributed by atoms with Crippen molar-refractivity contribution in [2.75, 3.05) is 25.3 Å². The van der Waals surface area contributed by atoms with Crippen molar-refractivity contribution in [1.82, 2.24) is 9.97 Å². The van der Waals surface area contributed by atoms with E-state index in [0.29, 0.717) is 38.5 Å². The summed E-state index contributed by atoms with van der Waals surface area (Å²) in [6.07, 6.45) is 0.236. The first-order valence-electron chi connectivity index (χ1n) is 12.5. The number of thioether (sulfide) groups is 1. The molecule has 5 rings (SSSR count). The fourth-order valence-corrected chi connectivity index (χ4v) is 6.16. The van der Waals surface area contributed by atoms with Crippen LogP contribution in [0.2, 0.25) is 0 Å². The quantitative estimate of drug-likeness (QED) is 0.186. The first-order valence-corrected chi connectivity index (χ1v) is 14.3. The van der Waals surface area contributed by atoms with E-state index in [9.17, 15) is 10.1 Å². The Labute approximate surface area is 240 Å². The number of thiazole rings is 1. The zero-order chi connectivity index (χ0) is 28.1. The van der Waals surface area contributed by atoms with Crippen LogP contribution in [-0.2, 0) is 4.79 Å². The topological polar surface area (TPSA) is 97.1 Å². The molecule has 3 aromatic carbocycles. The molecule has 2 aromatic heterocycles. The Morgan fingerprint density at radius 2 is 1.82 bits per heavy atom. The number of benzene rings is 3. The molecule has 1 N–H and O–H groups in total. The van der Waals surface area contributed by atoms with Crippen molar-refractivity contribution in [1.29, 1.82) is 5.26 Å². The highest BCUT2D eigenvalue weighted by Gasteiger charge is 2.20. The van der Waals surface area contributed by atoms with Crippen LogP contribution in [0.3, 0.4) is 0 Å². The lowest BCUT2D eigenvalue weighted by atomic mass is 9.98. The molecule has 40 heavy (non-hydrogen) atoms. The van der Waals surface area contributed by atoms with E-state index in [1.165, 1.54) is 23.1 Å². The molecule has 0 saturated heterocycles. The number of nitrogens with one attached hydrogen (secondary N) is 1. The number of aromatic nitrogens is 2. The number of carbonyl (C=O) groups excluding carboxylic acids is 1. The summed E-state index contributed by atoms with van der Waals surface area (Å²) in [5.41, 5.74) is 5.47. The van der Waals surface area contributed by atoms with Crippen molar-refractivity contribution in [3.63, 3.8) is 0 Å². The number of carbonyl (C=O) groups is 1. The highest BCUT2D eigenvalue weighted by atomic mass is 32.2. The number of fused-ring (bicyclic) bond motifs is 1. The van der Waals surface area contributed by atoms with Gasteiger partial charge in [-0.05, 0) is 48.9 Å². The van der Waals surface area contributed by atoms with E-state index in [-0.39, 0.29) is 12.3 Å². The number of methoxy groups -OCH3 is 2. The summed E-state index contributed by atoms with van der Waals surface area (Å²) in [5, 5.41) is 14.3. The Kier molecular flexibility index (Phi) is 8.29. The molecule has 0 spiro atoms. The molecule has 0 radical (unpaired) electrons. The SMILES string of the molecule is COc1ccc(OC)c(-c2cc(-c3ccccc3)nc(SCCC(=O)Nc3nc4ccc(C)cc4s3)c2C#N)c1. The third-order valence-corrected chi connectivity index (χ3v) is 8.13. The Morgan fingerprint density at radius 1 is 1.00 bits per heavy atom. The molecule has 0 aliphatic heterocycles. The number of nitriles is 1. The smallest absolute Gasteiger partial charge is 0.226 e. The van der Waals surface area contributed by atoms with Gasteiger partial charge in [0, 0.05) is 28.9 Å². The molecule has 0 atom stereocenters. The molecule has 0 unspecified atom stereocenters. The van der Waals surface area contributed by atoms with Gasteiger partial charge in [-0.2, -0.15) is 5.26 Å². The van der Waals surface area contributed by atoms with Crippen molar-refractivity contribution in [3.8, 4) is 40.0 Å². The molecule has 0 aliphatic carbocycles. The van der Waals surface area contributed by atoms with E-state index in [0.717, 1.165) is 32.6 Å². The van der Waals surface area contributed by atoms with Gasteiger partial charge in [0.2, 0.25) is 5.91 Å². The van der Waals surface area contributed by atoms with Gasteiger partial charge in [0.15, 0.2) is 5.13 Å². The molecule has 0 fully saturated rings. The van der Waals surface area contributed by atoms with Gasteiger partial charge in [0.05, 0.1) is 35.7 Å². The van der Waals surface area contributed by atoms with Gasteiger partial charge in [0.25, 0.3) is 0 Å². The van der Waals surface area contributed by atoms with Gasteiger partial charge in [-0.3, -0.25) is 4.79 Å². The third kappa shape index (κ3) is 5.93. The number of nitrogens with zero attached hydrogens (tertiary/aromatic N) is 3. The number of rotatable bonds is 9. The first kappa shape index (κ1) is 27.2. The molecule has 0 saturated carbocycles. The number of pyridine rings is 1. The van der Waals surface area contributed by atoms with E-state index in [1.54, 1.807) is 14.2 Å². The zero-order valence-electron chi connectivity index (χ0n) is 22.2. The molecule has 5 aromatic rings. The van der Waals surface area contributed by atoms with Gasteiger partial charge in [0.1, 0.15) is 22.6 Å². The number of ether oxygens (including phenoxy) is 2. The van der Waals surface area contributed by atoms with Gasteiger partial charge in [-0.25, -0.2) is 9.97 Å². The lowest BCUT2D eigenvalue weighted by Gasteiger charge is -2.15. The lowest BCUT2D eigenvalue weighted by molar-refractivity contribution is -0.115. The monoisotopic (exact) mass is 566 g/mol. The summed E-state index contributed by atoms with van der Waals surface area (Å²) < 4.78 is 12.1. The van der Waals surface area contributed by atoms with Crippen molar-refractivity contribution >= 4 is 44.4 Å². The summed E-state index contributed by atoms with van der Waals surface area (Å²) in [7, 11) is 3.19. The molecule has 2 heterocycles. The van der Waals surface area contributed by atoms with Crippen molar-refractivity contribution in [2.45, 2.75) is 18.4 Å². The van der Waals surface area contributed by atoms with Crippen LogP contribution in [0, 0.1) is 18.3 Å². The molecular formula is C31H26N4O3S2. The van der Waals surface area contributed by atoms with Crippen molar-refractivity contribution < 1.29 is 14.3 Å². The summed E-state index contributed by atoms with van der Waals surface area (Å²) in [4.78, 5) is 22.1. The minimum absolute atomic E-state index is 0.143. The second kappa shape index (κ2) is 12.2. The van der Waals surface area contributed by atoms with Crippen molar-refractivity contribution in [3.05, 3.63) is 83.9 Å². The maximum atomic E-state index is 12.8. The van der Waals surface area contributed by atoms with E-state index in [4.69, 9.17) is 14.5 Å².